The van der Waals surface area contributed by atoms with Gasteiger partial charge in [-0.25, -0.2) is 13.2 Å². The van der Waals surface area contributed by atoms with Crippen LogP contribution in [-0.2, 0) is 14.8 Å². The molecule has 1 heterocycles. The van der Waals surface area contributed by atoms with Gasteiger partial charge in [0, 0.05) is 6.54 Å². The molecule has 0 aromatic carbocycles. The lowest BCUT2D eigenvalue weighted by atomic mass is 10.3. The van der Waals surface area contributed by atoms with Crippen LogP contribution in [0.1, 0.15) is 35.9 Å². The number of carboxylic acid groups (broad SMARTS) is 1. The van der Waals surface area contributed by atoms with E-state index in [1.807, 2.05) is 6.92 Å². The van der Waals surface area contributed by atoms with Crippen LogP contribution in [0.2, 0.25) is 0 Å². The Bertz CT molecular complexity index is 637. The van der Waals surface area contributed by atoms with E-state index in [1.54, 1.807) is 0 Å². The summed E-state index contributed by atoms with van der Waals surface area (Å²) in [7, 11) is -4.17. The Morgan fingerprint density at radius 2 is 2.05 bits per heavy atom. The van der Waals surface area contributed by atoms with Gasteiger partial charge in [0.25, 0.3) is 0 Å². The third-order valence-corrected chi connectivity index (χ3v) is 4.79. The number of nitrogens with zero attached hydrogens (tertiary/aromatic N) is 2. The highest BCUT2D eigenvalue weighted by molar-refractivity contribution is 7.89. The van der Waals surface area contributed by atoms with E-state index < -0.39 is 39.0 Å². The number of sulfonamides is 1. The quantitative estimate of drug-likeness (QED) is 0.599. The van der Waals surface area contributed by atoms with E-state index in [0.29, 0.717) is 12.8 Å². The van der Waals surface area contributed by atoms with E-state index in [0.717, 1.165) is 4.31 Å². The monoisotopic (exact) mass is 318 g/mol. The molecule has 0 saturated heterocycles. The Morgan fingerprint density at radius 3 is 2.52 bits per heavy atom. The lowest BCUT2D eigenvalue weighted by Crippen LogP contribution is -2.39. The molecule has 21 heavy (non-hydrogen) atoms. The lowest BCUT2D eigenvalue weighted by Gasteiger charge is -2.20. The van der Waals surface area contributed by atoms with E-state index in [2.05, 4.69) is 10.2 Å². The summed E-state index contributed by atoms with van der Waals surface area (Å²) >= 11 is 0. The number of amides is 1. The van der Waals surface area contributed by atoms with Crippen molar-refractivity contribution >= 4 is 21.9 Å². The Balaban J connectivity index is 3.31. The smallest absolute Gasteiger partial charge is 0.357 e. The van der Waals surface area contributed by atoms with Crippen molar-refractivity contribution in [2.45, 2.75) is 31.6 Å². The predicted molar refractivity (Wildman–Crippen MR) is 73.1 cm³/mol. The number of rotatable bonds is 8. The maximum absolute atomic E-state index is 12.6. The van der Waals surface area contributed by atoms with E-state index in [4.69, 9.17) is 10.8 Å². The van der Waals surface area contributed by atoms with Crippen LogP contribution in [0, 0.1) is 6.92 Å². The summed E-state index contributed by atoms with van der Waals surface area (Å²) in [5, 5.41) is 14.8. The molecule has 0 saturated carbocycles. The number of carbonyl (C=O) groups is 2. The molecule has 0 fully saturated rings. The summed E-state index contributed by atoms with van der Waals surface area (Å²) in [5.41, 5.74) is 4.56. The van der Waals surface area contributed by atoms with Gasteiger partial charge >= 0.3 is 5.97 Å². The average Bonchev–Trinajstić information content (AvgIpc) is 2.76. The molecule has 0 aliphatic heterocycles. The van der Waals surface area contributed by atoms with Crippen LogP contribution in [-0.4, -0.2) is 53.0 Å². The molecule has 0 aliphatic rings. The summed E-state index contributed by atoms with van der Waals surface area (Å²) in [4.78, 5) is 21.7. The predicted octanol–water partition coefficient (Wildman–Crippen LogP) is -0.308. The fourth-order valence-corrected chi connectivity index (χ4v) is 3.54. The summed E-state index contributed by atoms with van der Waals surface area (Å²) in [6.45, 7) is 2.83. The number of unbranched alkanes of at least 4 members (excludes halogenated alkanes) is 1. The summed E-state index contributed by atoms with van der Waals surface area (Å²) < 4.78 is 26.0. The molecular weight excluding hydrogens is 300 g/mol. The van der Waals surface area contributed by atoms with Crippen LogP contribution in [0.5, 0.6) is 0 Å². The first-order chi connectivity index (χ1) is 9.71. The molecular formula is C11H18N4O5S. The first kappa shape index (κ1) is 17.1. The number of carbonyl (C=O) groups excluding carboxylic acids is 1. The number of aryl methyl sites for hydroxylation is 1. The van der Waals surface area contributed by atoms with Gasteiger partial charge in [-0.15, -0.1) is 0 Å². The van der Waals surface area contributed by atoms with Crippen molar-refractivity contribution < 1.29 is 23.1 Å². The van der Waals surface area contributed by atoms with E-state index in [1.165, 1.54) is 6.92 Å². The number of H-pyrrole nitrogens is 1. The number of primary amides is 1. The van der Waals surface area contributed by atoms with Crippen LogP contribution < -0.4 is 5.73 Å². The van der Waals surface area contributed by atoms with E-state index in [9.17, 15) is 18.0 Å². The molecule has 1 amide bonds. The zero-order chi connectivity index (χ0) is 16.2. The summed E-state index contributed by atoms with van der Waals surface area (Å²) in [6, 6.07) is 0. The maximum Gasteiger partial charge on any atom is 0.357 e. The molecule has 0 aliphatic carbocycles. The number of hydrogen-bond acceptors (Lipinski definition) is 5. The molecule has 0 spiro atoms. The van der Waals surface area contributed by atoms with Gasteiger partial charge in [-0.3, -0.25) is 9.89 Å². The lowest BCUT2D eigenvalue weighted by molar-refractivity contribution is -0.118. The molecule has 10 heteroatoms. The van der Waals surface area contributed by atoms with Crippen LogP contribution >= 0.6 is 0 Å². The SMILES string of the molecule is CCCCN(CC(N)=O)S(=O)(=O)c1c(C(=O)O)n[nH]c1C. The average molecular weight is 318 g/mol. The van der Waals surface area contributed by atoms with Gasteiger partial charge in [-0.2, -0.15) is 9.40 Å². The van der Waals surface area contributed by atoms with Crippen molar-refractivity contribution in [3.05, 3.63) is 11.4 Å². The molecule has 1 aromatic heterocycles. The van der Waals surface area contributed by atoms with Crippen molar-refractivity contribution in [2.24, 2.45) is 5.73 Å². The van der Waals surface area contributed by atoms with Crippen molar-refractivity contribution in [3.63, 3.8) is 0 Å². The van der Waals surface area contributed by atoms with Crippen molar-refractivity contribution in [1.29, 1.82) is 0 Å². The molecule has 0 radical (unpaired) electrons. The fraction of sp³-hybridized carbons (Fsp3) is 0.545. The maximum atomic E-state index is 12.6. The third-order valence-electron chi connectivity index (χ3n) is 2.78. The van der Waals surface area contributed by atoms with Crippen molar-refractivity contribution in [2.75, 3.05) is 13.1 Å². The van der Waals surface area contributed by atoms with E-state index in [-0.39, 0.29) is 12.2 Å². The number of aromatic carboxylic acids is 1. The van der Waals surface area contributed by atoms with Crippen LogP contribution in [0.25, 0.3) is 0 Å². The molecule has 0 bridgehead atoms. The van der Waals surface area contributed by atoms with Gasteiger partial charge in [0.1, 0.15) is 4.90 Å². The normalized spacial score (nSPS) is 11.8. The van der Waals surface area contributed by atoms with Gasteiger partial charge in [0.05, 0.1) is 12.2 Å². The molecule has 0 atom stereocenters. The molecule has 0 unspecified atom stereocenters. The van der Waals surface area contributed by atoms with Crippen LogP contribution in [0.3, 0.4) is 0 Å². The highest BCUT2D eigenvalue weighted by Crippen LogP contribution is 2.22. The summed E-state index contributed by atoms with van der Waals surface area (Å²) in [6.07, 6.45) is 1.23. The highest BCUT2D eigenvalue weighted by Gasteiger charge is 2.33. The molecule has 4 N–H and O–H groups in total. The van der Waals surface area contributed by atoms with Crippen molar-refractivity contribution in [3.8, 4) is 0 Å². The molecule has 1 aromatic rings. The first-order valence-electron chi connectivity index (χ1n) is 6.28. The Labute approximate surface area is 122 Å². The number of hydrogen-bond donors (Lipinski definition) is 3. The standard InChI is InChI=1S/C11H18N4O5S/c1-3-4-5-15(6-8(12)16)21(19,20)10-7(2)13-14-9(10)11(17)18/h3-6H2,1-2H3,(H2,12,16)(H,13,14)(H,17,18). The zero-order valence-corrected chi connectivity index (χ0v) is 12.6. The Morgan fingerprint density at radius 1 is 1.43 bits per heavy atom. The zero-order valence-electron chi connectivity index (χ0n) is 11.8. The number of carboxylic acids is 1. The van der Waals surface area contributed by atoms with E-state index >= 15 is 0 Å². The molecule has 1 rings (SSSR count). The minimum Gasteiger partial charge on any atom is -0.476 e. The fourth-order valence-electron chi connectivity index (χ4n) is 1.80. The minimum atomic E-state index is -4.17. The van der Waals surface area contributed by atoms with Gasteiger partial charge in [0.2, 0.25) is 15.9 Å². The van der Waals surface area contributed by atoms with Gasteiger partial charge in [0.15, 0.2) is 5.69 Å². The molecule has 118 valence electrons. The number of nitrogens with one attached hydrogen (secondary N) is 1. The van der Waals surface area contributed by atoms with Crippen LogP contribution in [0.4, 0.5) is 0 Å². The molecule has 9 nitrogen and oxygen atoms in total. The van der Waals surface area contributed by atoms with Crippen molar-refractivity contribution in [1.82, 2.24) is 14.5 Å². The van der Waals surface area contributed by atoms with Gasteiger partial charge < -0.3 is 10.8 Å². The number of aromatic nitrogens is 2. The second-order valence-corrected chi connectivity index (χ2v) is 6.36. The Kier molecular flexibility index (Phi) is 5.44. The second-order valence-electron chi connectivity index (χ2n) is 4.49. The number of aromatic amines is 1. The van der Waals surface area contributed by atoms with Crippen LogP contribution in [0.15, 0.2) is 4.90 Å². The third kappa shape index (κ3) is 3.79. The summed E-state index contributed by atoms with van der Waals surface area (Å²) in [5.74, 6) is -2.28. The first-order valence-corrected chi connectivity index (χ1v) is 7.72. The Hall–Kier alpha value is -1.94. The minimum absolute atomic E-state index is 0.0749. The highest BCUT2D eigenvalue weighted by atomic mass is 32.2. The largest absolute Gasteiger partial charge is 0.476 e. The number of nitrogens with two attached hydrogens (primary N) is 1. The second kappa shape index (κ2) is 6.68. The van der Waals surface area contributed by atoms with Gasteiger partial charge in [-0.05, 0) is 13.3 Å². The topological polar surface area (TPSA) is 146 Å². The van der Waals surface area contributed by atoms with Gasteiger partial charge in [-0.1, -0.05) is 13.3 Å².